The Balaban J connectivity index is 1.64. The number of hydrazone groups is 1. The first-order valence-electron chi connectivity index (χ1n) is 9.82. The first-order valence-corrected chi connectivity index (χ1v) is 11.4. The number of anilines is 2. The van der Waals surface area contributed by atoms with Crippen molar-refractivity contribution in [1.82, 2.24) is 0 Å². The standard InChI is InChI=1S/C21H19F3N4O4S/c22-21(23,24)19-18(13-14-1-3-15(4-2-14)27-9-11-32-12-10-27)20(29)28(26-19)16-5-7-17(8-6-16)33(25,30)31/h1-8,13H,9-12H2,(H2,25,30,31). The van der Waals surface area contributed by atoms with Crippen LogP contribution in [0.1, 0.15) is 5.56 Å². The lowest BCUT2D eigenvalue weighted by Crippen LogP contribution is -2.36. The largest absolute Gasteiger partial charge is 0.435 e. The van der Waals surface area contributed by atoms with Gasteiger partial charge in [0.15, 0.2) is 5.71 Å². The highest BCUT2D eigenvalue weighted by Gasteiger charge is 2.46. The van der Waals surface area contributed by atoms with Crippen LogP contribution < -0.4 is 15.0 Å². The fourth-order valence-corrected chi connectivity index (χ4v) is 3.99. The molecule has 12 heteroatoms. The average Bonchev–Trinajstić information content (AvgIpc) is 3.11. The topological polar surface area (TPSA) is 105 Å². The van der Waals surface area contributed by atoms with Crippen LogP contribution >= 0.6 is 0 Å². The molecule has 33 heavy (non-hydrogen) atoms. The van der Waals surface area contributed by atoms with Crippen LogP contribution in [0.15, 0.2) is 64.1 Å². The Labute approximate surface area is 187 Å². The van der Waals surface area contributed by atoms with E-state index in [1.807, 2.05) is 0 Å². The molecule has 0 bridgehead atoms. The zero-order valence-corrected chi connectivity index (χ0v) is 17.9. The monoisotopic (exact) mass is 480 g/mol. The summed E-state index contributed by atoms with van der Waals surface area (Å²) in [6.45, 7) is 2.62. The second-order valence-corrected chi connectivity index (χ2v) is 8.91. The Bertz CT molecular complexity index is 1220. The van der Waals surface area contributed by atoms with Crippen molar-refractivity contribution in [2.75, 3.05) is 36.2 Å². The number of rotatable bonds is 4. The summed E-state index contributed by atoms with van der Waals surface area (Å²) in [4.78, 5) is 14.7. The molecule has 0 radical (unpaired) electrons. The number of ether oxygens (including phenoxy) is 1. The third-order valence-corrected chi connectivity index (χ3v) is 6.07. The van der Waals surface area contributed by atoms with Crippen LogP contribution in [0.25, 0.3) is 6.08 Å². The van der Waals surface area contributed by atoms with E-state index in [2.05, 4.69) is 10.0 Å². The zero-order chi connectivity index (χ0) is 23.8. The molecule has 1 saturated heterocycles. The number of morpholine rings is 1. The van der Waals surface area contributed by atoms with Crippen molar-refractivity contribution >= 4 is 39.1 Å². The second kappa shape index (κ2) is 8.61. The van der Waals surface area contributed by atoms with Crippen molar-refractivity contribution in [3.8, 4) is 0 Å². The van der Waals surface area contributed by atoms with Crippen molar-refractivity contribution in [3.63, 3.8) is 0 Å². The van der Waals surface area contributed by atoms with Gasteiger partial charge in [-0.15, -0.1) is 0 Å². The Morgan fingerprint density at radius 1 is 0.970 bits per heavy atom. The summed E-state index contributed by atoms with van der Waals surface area (Å²) in [5.41, 5.74) is -0.671. The third-order valence-electron chi connectivity index (χ3n) is 5.14. The molecule has 4 rings (SSSR count). The summed E-state index contributed by atoms with van der Waals surface area (Å²) in [7, 11) is -3.99. The van der Waals surface area contributed by atoms with Gasteiger partial charge in [0.25, 0.3) is 5.91 Å². The van der Waals surface area contributed by atoms with E-state index in [0.717, 1.165) is 36.0 Å². The first-order chi connectivity index (χ1) is 15.5. The van der Waals surface area contributed by atoms with Gasteiger partial charge in [-0.1, -0.05) is 12.1 Å². The number of amides is 1. The number of nitrogens with two attached hydrogens (primary N) is 1. The molecule has 2 aliphatic heterocycles. The van der Waals surface area contributed by atoms with Crippen LogP contribution in [0, 0.1) is 0 Å². The number of hydrogen-bond donors (Lipinski definition) is 1. The lowest BCUT2D eigenvalue weighted by atomic mass is 10.1. The van der Waals surface area contributed by atoms with E-state index in [1.165, 1.54) is 0 Å². The van der Waals surface area contributed by atoms with Gasteiger partial charge >= 0.3 is 6.18 Å². The van der Waals surface area contributed by atoms with Crippen LogP contribution in [-0.4, -0.2) is 52.5 Å². The minimum Gasteiger partial charge on any atom is -0.378 e. The van der Waals surface area contributed by atoms with E-state index in [4.69, 9.17) is 9.88 Å². The van der Waals surface area contributed by atoms with Crippen molar-refractivity contribution in [1.29, 1.82) is 0 Å². The van der Waals surface area contributed by atoms with E-state index in [-0.39, 0.29) is 10.6 Å². The van der Waals surface area contributed by atoms with Crippen molar-refractivity contribution in [3.05, 3.63) is 59.7 Å². The van der Waals surface area contributed by atoms with E-state index >= 15 is 0 Å². The quantitative estimate of drug-likeness (QED) is 0.677. The summed E-state index contributed by atoms with van der Waals surface area (Å²) >= 11 is 0. The molecule has 8 nitrogen and oxygen atoms in total. The van der Waals surface area contributed by atoms with Crippen molar-refractivity contribution < 1.29 is 31.1 Å². The molecule has 0 saturated carbocycles. The van der Waals surface area contributed by atoms with Gasteiger partial charge in [-0.3, -0.25) is 4.79 Å². The van der Waals surface area contributed by atoms with E-state index in [1.54, 1.807) is 24.3 Å². The molecule has 1 amide bonds. The molecular formula is C21H19F3N4O4S. The number of halogens is 3. The van der Waals surface area contributed by atoms with Crippen LogP contribution in [0.5, 0.6) is 0 Å². The summed E-state index contributed by atoms with van der Waals surface area (Å²) in [5, 5.41) is 9.09. The maximum Gasteiger partial charge on any atom is 0.435 e. The van der Waals surface area contributed by atoms with E-state index in [0.29, 0.717) is 36.9 Å². The van der Waals surface area contributed by atoms with Gasteiger partial charge in [-0.25, -0.2) is 13.6 Å². The number of carbonyl (C=O) groups is 1. The molecule has 0 aromatic heterocycles. The number of hydrogen-bond acceptors (Lipinski definition) is 6. The SMILES string of the molecule is NS(=O)(=O)c1ccc(N2N=C(C(F)(F)F)C(=Cc3ccc(N4CCOCC4)cc3)C2=O)cc1. The third kappa shape index (κ3) is 4.92. The molecule has 0 aliphatic carbocycles. The number of primary sulfonamides is 1. The summed E-state index contributed by atoms with van der Waals surface area (Å²) < 4.78 is 69.0. The Morgan fingerprint density at radius 3 is 2.09 bits per heavy atom. The lowest BCUT2D eigenvalue weighted by molar-refractivity contribution is -0.114. The minimum absolute atomic E-state index is 0.0276. The van der Waals surface area contributed by atoms with E-state index < -0.39 is 33.4 Å². The summed E-state index contributed by atoms with van der Waals surface area (Å²) in [6, 6.07) is 11.3. The first kappa shape index (κ1) is 23.0. The number of alkyl halides is 3. The Kier molecular flexibility index (Phi) is 5.99. The zero-order valence-electron chi connectivity index (χ0n) is 17.1. The number of benzene rings is 2. The molecule has 174 valence electrons. The molecule has 2 N–H and O–H groups in total. The molecule has 0 spiro atoms. The van der Waals surface area contributed by atoms with Gasteiger partial charge in [0, 0.05) is 18.8 Å². The summed E-state index contributed by atoms with van der Waals surface area (Å²) in [6.07, 6.45) is -3.74. The molecular weight excluding hydrogens is 461 g/mol. The van der Waals surface area contributed by atoms with Crippen molar-refractivity contribution in [2.24, 2.45) is 10.2 Å². The number of nitrogens with zero attached hydrogens (tertiary/aromatic N) is 3. The predicted molar refractivity (Wildman–Crippen MR) is 116 cm³/mol. The molecule has 0 atom stereocenters. The second-order valence-electron chi connectivity index (χ2n) is 7.35. The van der Waals surface area contributed by atoms with Gasteiger partial charge in [0.05, 0.1) is 29.4 Å². The molecule has 0 unspecified atom stereocenters. The lowest BCUT2D eigenvalue weighted by Gasteiger charge is -2.28. The number of sulfonamides is 1. The van der Waals surface area contributed by atoms with Gasteiger partial charge in [-0.05, 0) is 48.0 Å². The Morgan fingerprint density at radius 2 is 1.55 bits per heavy atom. The molecule has 2 aromatic rings. The van der Waals surface area contributed by atoms with Crippen molar-refractivity contribution in [2.45, 2.75) is 11.1 Å². The molecule has 2 aliphatic rings. The van der Waals surface area contributed by atoms with Crippen LogP contribution in [0.3, 0.4) is 0 Å². The van der Waals surface area contributed by atoms with Gasteiger partial charge in [0.1, 0.15) is 0 Å². The van der Waals surface area contributed by atoms with Crippen LogP contribution in [0.4, 0.5) is 24.5 Å². The molecule has 2 heterocycles. The average molecular weight is 480 g/mol. The Hall–Kier alpha value is -3.22. The fourth-order valence-electron chi connectivity index (χ4n) is 3.48. The van der Waals surface area contributed by atoms with Crippen LogP contribution in [0.2, 0.25) is 0 Å². The number of carbonyl (C=O) groups excluding carboxylic acids is 1. The van der Waals surface area contributed by atoms with E-state index in [9.17, 15) is 26.4 Å². The molecule has 1 fully saturated rings. The predicted octanol–water partition coefficient (Wildman–Crippen LogP) is 2.52. The fraction of sp³-hybridized carbons (Fsp3) is 0.238. The smallest absolute Gasteiger partial charge is 0.378 e. The maximum atomic E-state index is 13.6. The summed E-state index contributed by atoms with van der Waals surface area (Å²) in [5.74, 6) is -0.983. The normalized spacial score (nSPS) is 18.7. The van der Waals surface area contributed by atoms with Gasteiger partial charge < -0.3 is 9.64 Å². The minimum atomic E-state index is -4.87. The van der Waals surface area contributed by atoms with Crippen LogP contribution in [-0.2, 0) is 19.6 Å². The highest BCUT2D eigenvalue weighted by Crippen LogP contribution is 2.33. The molecule has 2 aromatic carbocycles. The highest BCUT2D eigenvalue weighted by molar-refractivity contribution is 7.89. The maximum absolute atomic E-state index is 13.6. The van der Waals surface area contributed by atoms with Gasteiger partial charge in [0.2, 0.25) is 10.0 Å². The highest BCUT2D eigenvalue weighted by atomic mass is 32.2. The van der Waals surface area contributed by atoms with Gasteiger partial charge in [-0.2, -0.15) is 23.3 Å².